The summed E-state index contributed by atoms with van der Waals surface area (Å²) in [6.07, 6.45) is 4.38. The maximum Gasteiger partial charge on any atom is 0.257 e. The number of hydrogen-bond acceptors (Lipinski definition) is 7. The number of amides is 1. The third-order valence-electron chi connectivity index (χ3n) is 6.92. The van der Waals surface area contributed by atoms with E-state index in [1.165, 1.54) is 12.5 Å². The number of rotatable bonds is 7. The lowest BCUT2D eigenvalue weighted by Crippen LogP contribution is -2.42. The SMILES string of the molecule is CC=O.CCCc1cc2n(c(=O)c1COC)Cc1c-2nc2ccc(OC)cc2c1CC.O=CN1CCNCC1. The Kier molecular flexibility index (Phi) is 11.2. The monoisotopic (exact) mass is 536 g/mol. The van der Waals surface area contributed by atoms with E-state index in [4.69, 9.17) is 19.3 Å². The molecule has 2 aliphatic heterocycles. The molecule has 0 unspecified atom stereocenters. The number of nitrogens with zero attached hydrogens (tertiary/aromatic N) is 3. The van der Waals surface area contributed by atoms with Gasteiger partial charge in [0.1, 0.15) is 12.0 Å². The Hall–Kier alpha value is -3.56. The summed E-state index contributed by atoms with van der Waals surface area (Å²) in [6, 6.07) is 8.13. The number of methoxy groups -OCH3 is 2. The van der Waals surface area contributed by atoms with Crippen molar-refractivity contribution in [1.29, 1.82) is 0 Å². The van der Waals surface area contributed by atoms with Gasteiger partial charge in [0.15, 0.2) is 0 Å². The molecule has 1 fully saturated rings. The van der Waals surface area contributed by atoms with Crippen LogP contribution in [0.3, 0.4) is 0 Å². The number of hydrogen-bond donors (Lipinski definition) is 1. The standard InChI is InChI=1S/C23H26N2O3.C5H10N2O.C2H4O/c1-5-7-14-10-21-22-18(12-25(21)23(26)19(14)13-27-3)16(6-2)17-11-15(28-4)8-9-20(17)24-22;8-5-7-3-1-6-2-4-7;1-2-3/h8-11H,5-7,12-13H2,1-4H3;5-6H,1-4H2;2H,1H3. The van der Waals surface area contributed by atoms with Crippen molar-refractivity contribution in [3.05, 3.63) is 56.9 Å². The highest BCUT2D eigenvalue weighted by molar-refractivity contribution is 5.89. The molecular weight excluding hydrogens is 496 g/mol. The molecule has 0 aliphatic carbocycles. The van der Waals surface area contributed by atoms with E-state index in [1.807, 2.05) is 22.8 Å². The number of fused-ring (bicyclic) bond motifs is 4. The Morgan fingerprint density at radius 1 is 1.08 bits per heavy atom. The Morgan fingerprint density at radius 3 is 2.36 bits per heavy atom. The highest BCUT2D eigenvalue weighted by Crippen LogP contribution is 2.37. The maximum atomic E-state index is 13.2. The van der Waals surface area contributed by atoms with Gasteiger partial charge in [-0.25, -0.2) is 4.98 Å². The Morgan fingerprint density at radius 2 is 1.79 bits per heavy atom. The largest absolute Gasteiger partial charge is 0.497 e. The number of aryl methyl sites for hydroxylation is 2. The van der Waals surface area contributed by atoms with Crippen LogP contribution >= 0.6 is 0 Å². The van der Waals surface area contributed by atoms with Crippen LogP contribution in [0.15, 0.2) is 29.1 Å². The van der Waals surface area contributed by atoms with Gasteiger partial charge in [0, 0.05) is 49.8 Å². The fraction of sp³-hybridized carbons (Fsp3) is 0.467. The summed E-state index contributed by atoms with van der Waals surface area (Å²) in [5.74, 6) is 0.823. The molecule has 1 N–H and O–H groups in total. The average Bonchev–Trinajstić information content (AvgIpc) is 3.33. The minimum absolute atomic E-state index is 0.0458. The summed E-state index contributed by atoms with van der Waals surface area (Å²) in [7, 11) is 3.31. The van der Waals surface area contributed by atoms with E-state index in [1.54, 1.807) is 19.1 Å². The fourth-order valence-corrected chi connectivity index (χ4v) is 5.09. The molecule has 0 radical (unpaired) electrons. The Labute approximate surface area is 230 Å². The van der Waals surface area contributed by atoms with Gasteiger partial charge >= 0.3 is 0 Å². The number of aldehydes is 1. The summed E-state index contributed by atoms with van der Waals surface area (Å²) >= 11 is 0. The molecule has 1 saturated heterocycles. The third-order valence-corrected chi connectivity index (χ3v) is 6.92. The molecule has 39 heavy (non-hydrogen) atoms. The molecule has 0 atom stereocenters. The molecule has 2 aromatic heterocycles. The zero-order valence-corrected chi connectivity index (χ0v) is 23.7. The zero-order chi connectivity index (χ0) is 28.4. The minimum atomic E-state index is 0.0458. The lowest BCUT2D eigenvalue weighted by molar-refractivity contribution is -0.118. The van der Waals surface area contributed by atoms with E-state index >= 15 is 0 Å². The van der Waals surface area contributed by atoms with Gasteiger partial charge < -0.3 is 29.1 Å². The van der Waals surface area contributed by atoms with Crippen molar-refractivity contribution in [3.8, 4) is 17.1 Å². The van der Waals surface area contributed by atoms with Crippen LogP contribution in [0.1, 0.15) is 49.4 Å². The van der Waals surface area contributed by atoms with E-state index in [-0.39, 0.29) is 5.56 Å². The van der Waals surface area contributed by atoms with Gasteiger partial charge in [-0.2, -0.15) is 0 Å². The lowest BCUT2D eigenvalue weighted by Gasteiger charge is -2.22. The molecule has 0 saturated carbocycles. The molecule has 4 heterocycles. The molecule has 0 bridgehead atoms. The summed E-state index contributed by atoms with van der Waals surface area (Å²) in [6.45, 7) is 10.3. The summed E-state index contributed by atoms with van der Waals surface area (Å²) < 4.78 is 12.6. The van der Waals surface area contributed by atoms with Gasteiger partial charge in [-0.15, -0.1) is 0 Å². The first kappa shape index (κ1) is 30.0. The van der Waals surface area contributed by atoms with Crippen molar-refractivity contribution in [1.82, 2.24) is 19.8 Å². The third kappa shape index (κ3) is 6.72. The lowest BCUT2D eigenvalue weighted by atomic mass is 9.98. The van der Waals surface area contributed by atoms with Gasteiger partial charge in [-0.3, -0.25) is 9.59 Å². The van der Waals surface area contributed by atoms with Crippen LogP contribution in [-0.2, 0) is 40.3 Å². The van der Waals surface area contributed by atoms with Crippen LogP contribution in [0.2, 0.25) is 0 Å². The maximum absolute atomic E-state index is 13.2. The van der Waals surface area contributed by atoms with Crippen molar-refractivity contribution >= 4 is 23.6 Å². The first-order chi connectivity index (χ1) is 19.0. The van der Waals surface area contributed by atoms with Crippen molar-refractivity contribution < 1.29 is 19.1 Å². The number of piperazine rings is 1. The number of carbonyl (C=O) groups is 2. The molecule has 2 aliphatic rings. The number of pyridine rings is 2. The summed E-state index contributed by atoms with van der Waals surface area (Å²) in [4.78, 5) is 38.8. The van der Waals surface area contributed by atoms with Crippen LogP contribution in [0.25, 0.3) is 22.3 Å². The second-order valence-electron chi connectivity index (χ2n) is 9.39. The van der Waals surface area contributed by atoms with Crippen LogP contribution < -0.4 is 15.6 Å². The fourth-order valence-electron chi connectivity index (χ4n) is 5.09. The van der Waals surface area contributed by atoms with Crippen LogP contribution in [0.5, 0.6) is 5.75 Å². The van der Waals surface area contributed by atoms with E-state index in [0.717, 1.165) is 103 Å². The van der Waals surface area contributed by atoms with Gasteiger partial charge in [-0.1, -0.05) is 20.3 Å². The zero-order valence-electron chi connectivity index (χ0n) is 23.7. The van der Waals surface area contributed by atoms with E-state index in [2.05, 4.69) is 25.2 Å². The van der Waals surface area contributed by atoms with Gasteiger partial charge in [0.2, 0.25) is 6.41 Å². The topological polar surface area (TPSA) is 103 Å². The first-order valence-electron chi connectivity index (χ1n) is 13.5. The second-order valence-corrected chi connectivity index (χ2v) is 9.39. The number of aromatic nitrogens is 2. The van der Waals surface area contributed by atoms with Crippen molar-refractivity contribution in [2.45, 2.75) is 53.2 Å². The van der Waals surface area contributed by atoms with Crippen molar-refractivity contribution in [3.63, 3.8) is 0 Å². The van der Waals surface area contributed by atoms with E-state index in [0.29, 0.717) is 13.2 Å². The normalized spacial score (nSPS) is 13.4. The molecule has 1 aromatic carbocycles. The highest BCUT2D eigenvalue weighted by atomic mass is 16.5. The number of benzene rings is 1. The van der Waals surface area contributed by atoms with Crippen molar-refractivity contribution in [2.24, 2.45) is 0 Å². The van der Waals surface area contributed by atoms with Crippen LogP contribution in [-0.4, -0.2) is 67.5 Å². The van der Waals surface area contributed by atoms with Gasteiger partial charge in [0.25, 0.3) is 5.56 Å². The molecule has 9 heteroatoms. The number of nitrogens with one attached hydrogen (secondary N) is 1. The molecule has 3 aromatic rings. The van der Waals surface area contributed by atoms with E-state index in [9.17, 15) is 9.59 Å². The quantitative estimate of drug-likeness (QED) is 0.362. The second kappa shape index (κ2) is 14.6. The highest BCUT2D eigenvalue weighted by Gasteiger charge is 2.27. The van der Waals surface area contributed by atoms with Crippen LogP contribution in [0.4, 0.5) is 0 Å². The molecule has 210 valence electrons. The average molecular weight is 537 g/mol. The van der Waals surface area contributed by atoms with Crippen LogP contribution in [0, 0.1) is 0 Å². The number of carbonyl (C=O) groups excluding carboxylic acids is 2. The van der Waals surface area contributed by atoms with E-state index < -0.39 is 0 Å². The molecule has 0 spiro atoms. The van der Waals surface area contributed by atoms with Gasteiger partial charge in [0.05, 0.1) is 37.2 Å². The summed E-state index contributed by atoms with van der Waals surface area (Å²) in [5, 5.41) is 4.25. The molecular formula is C30H40N4O5. The molecule has 1 amide bonds. The predicted molar refractivity (Wildman–Crippen MR) is 153 cm³/mol. The minimum Gasteiger partial charge on any atom is -0.497 e. The molecule has 9 nitrogen and oxygen atoms in total. The number of ether oxygens (including phenoxy) is 2. The van der Waals surface area contributed by atoms with Gasteiger partial charge in [-0.05, 0) is 55.2 Å². The molecule has 5 rings (SSSR count). The predicted octanol–water partition coefficient (Wildman–Crippen LogP) is 3.35. The Balaban J connectivity index is 0.000000321. The smallest absolute Gasteiger partial charge is 0.257 e. The summed E-state index contributed by atoms with van der Waals surface area (Å²) in [5.41, 5.74) is 7.08. The Bertz CT molecular complexity index is 1350. The van der Waals surface area contributed by atoms with Crippen molar-refractivity contribution in [2.75, 3.05) is 40.4 Å². The first-order valence-corrected chi connectivity index (χ1v) is 13.5.